The summed E-state index contributed by atoms with van der Waals surface area (Å²) in [6, 6.07) is 6.59. The first-order valence-corrected chi connectivity index (χ1v) is 8.32. The minimum absolute atomic E-state index is 0.474. The predicted octanol–water partition coefficient (Wildman–Crippen LogP) is 3.68. The fraction of sp³-hybridized carbons (Fsp3) is 0.500. The van der Waals surface area contributed by atoms with E-state index < -0.39 is 0 Å². The van der Waals surface area contributed by atoms with Crippen LogP contribution in [0.4, 0.5) is 11.4 Å². The Morgan fingerprint density at radius 1 is 1.30 bits per heavy atom. The van der Waals surface area contributed by atoms with E-state index in [1.54, 1.807) is 0 Å². The zero-order valence-electron chi connectivity index (χ0n) is 14.8. The first-order valence-electron chi connectivity index (χ1n) is 8.32. The van der Waals surface area contributed by atoms with Gasteiger partial charge in [-0.3, -0.25) is 0 Å². The SMILES string of the molecule is CC.Cc1noc(C)c1-c1ccc(NC2CCN(C)C2)c(N)c1. The summed E-state index contributed by atoms with van der Waals surface area (Å²) in [4.78, 5) is 2.33. The van der Waals surface area contributed by atoms with Gasteiger partial charge >= 0.3 is 0 Å². The van der Waals surface area contributed by atoms with Crippen LogP contribution < -0.4 is 11.1 Å². The van der Waals surface area contributed by atoms with Crippen molar-refractivity contribution in [3.63, 3.8) is 0 Å². The second-order valence-electron chi connectivity index (χ2n) is 5.89. The third kappa shape index (κ3) is 3.85. The smallest absolute Gasteiger partial charge is 0.141 e. The van der Waals surface area contributed by atoms with Gasteiger partial charge in [-0.25, -0.2) is 0 Å². The highest BCUT2D eigenvalue weighted by Gasteiger charge is 2.20. The third-order valence-electron chi connectivity index (χ3n) is 4.12. The van der Waals surface area contributed by atoms with Crippen LogP contribution in [0.25, 0.3) is 11.1 Å². The van der Waals surface area contributed by atoms with Gasteiger partial charge in [-0.1, -0.05) is 25.1 Å². The van der Waals surface area contributed by atoms with Crippen molar-refractivity contribution < 1.29 is 4.52 Å². The highest BCUT2D eigenvalue weighted by molar-refractivity contribution is 5.77. The lowest BCUT2D eigenvalue weighted by atomic mass is 10.0. The normalized spacial score (nSPS) is 17.7. The maximum Gasteiger partial charge on any atom is 0.141 e. The second kappa shape index (κ2) is 7.51. The molecule has 5 nitrogen and oxygen atoms in total. The van der Waals surface area contributed by atoms with Crippen LogP contribution in [-0.4, -0.2) is 36.2 Å². The van der Waals surface area contributed by atoms with Crippen molar-refractivity contribution in [3.05, 3.63) is 29.7 Å². The van der Waals surface area contributed by atoms with Gasteiger partial charge in [0.1, 0.15) is 5.76 Å². The minimum atomic E-state index is 0.474. The lowest BCUT2D eigenvalue weighted by Gasteiger charge is -2.16. The van der Waals surface area contributed by atoms with E-state index in [0.29, 0.717) is 6.04 Å². The van der Waals surface area contributed by atoms with Crippen molar-refractivity contribution in [2.75, 3.05) is 31.2 Å². The molecule has 0 amide bonds. The number of nitrogens with zero attached hydrogens (tertiary/aromatic N) is 2. The van der Waals surface area contributed by atoms with Crippen molar-refractivity contribution in [1.29, 1.82) is 0 Å². The number of nitrogens with two attached hydrogens (primary N) is 1. The van der Waals surface area contributed by atoms with Gasteiger partial charge in [0, 0.05) is 18.2 Å². The van der Waals surface area contributed by atoms with E-state index in [0.717, 1.165) is 53.5 Å². The number of nitrogen functional groups attached to an aromatic ring is 1. The van der Waals surface area contributed by atoms with Crippen LogP contribution in [0.1, 0.15) is 31.7 Å². The number of aromatic nitrogens is 1. The van der Waals surface area contributed by atoms with E-state index in [-0.39, 0.29) is 0 Å². The van der Waals surface area contributed by atoms with Gasteiger partial charge in [-0.2, -0.15) is 0 Å². The van der Waals surface area contributed by atoms with E-state index in [1.165, 1.54) is 0 Å². The second-order valence-corrected chi connectivity index (χ2v) is 5.89. The lowest BCUT2D eigenvalue weighted by molar-refractivity contribution is 0.393. The molecule has 5 heteroatoms. The molecule has 0 radical (unpaired) electrons. The van der Waals surface area contributed by atoms with Crippen LogP contribution in [0, 0.1) is 13.8 Å². The summed E-state index contributed by atoms with van der Waals surface area (Å²) in [5.41, 5.74) is 11.0. The van der Waals surface area contributed by atoms with Gasteiger partial charge < -0.3 is 20.5 Å². The maximum absolute atomic E-state index is 6.21. The van der Waals surface area contributed by atoms with Gasteiger partial charge in [-0.15, -0.1) is 0 Å². The predicted molar refractivity (Wildman–Crippen MR) is 96.7 cm³/mol. The Morgan fingerprint density at radius 3 is 2.57 bits per heavy atom. The van der Waals surface area contributed by atoms with Gasteiger partial charge in [-0.05, 0) is 51.6 Å². The van der Waals surface area contributed by atoms with Gasteiger partial charge in [0.25, 0.3) is 0 Å². The summed E-state index contributed by atoms with van der Waals surface area (Å²) >= 11 is 0. The minimum Gasteiger partial charge on any atom is -0.397 e. The number of anilines is 2. The van der Waals surface area contributed by atoms with Crippen molar-refractivity contribution in [1.82, 2.24) is 10.1 Å². The number of hydrogen-bond acceptors (Lipinski definition) is 5. The number of benzene rings is 1. The molecule has 126 valence electrons. The number of likely N-dealkylation sites (N-methyl/N-ethyl adjacent to an activating group) is 1. The first kappa shape index (κ1) is 17.3. The van der Waals surface area contributed by atoms with Crippen molar-refractivity contribution in [2.45, 2.75) is 40.2 Å². The quantitative estimate of drug-likeness (QED) is 0.845. The van der Waals surface area contributed by atoms with Crippen LogP contribution in [0.15, 0.2) is 22.7 Å². The Labute approximate surface area is 138 Å². The Bertz CT molecular complexity index is 631. The Kier molecular flexibility index (Phi) is 5.66. The van der Waals surface area contributed by atoms with Gasteiger partial charge in [0.2, 0.25) is 0 Å². The topological polar surface area (TPSA) is 67.3 Å². The molecular weight excluding hydrogens is 288 g/mol. The maximum atomic E-state index is 6.21. The fourth-order valence-corrected chi connectivity index (χ4v) is 3.02. The number of rotatable bonds is 3. The molecule has 1 aliphatic heterocycles. The number of likely N-dealkylation sites (tertiary alicyclic amines) is 1. The summed E-state index contributed by atoms with van der Waals surface area (Å²) in [6.45, 7) is 10.1. The molecule has 0 aliphatic carbocycles. The van der Waals surface area contributed by atoms with Crippen LogP contribution in [0.5, 0.6) is 0 Å². The highest BCUT2D eigenvalue weighted by atomic mass is 16.5. The Hall–Kier alpha value is -2.01. The summed E-state index contributed by atoms with van der Waals surface area (Å²) in [5, 5.41) is 7.53. The summed E-state index contributed by atoms with van der Waals surface area (Å²) < 4.78 is 5.23. The molecule has 0 saturated carbocycles. The zero-order chi connectivity index (χ0) is 17.0. The molecule has 23 heavy (non-hydrogen) atoms. The molecule has 1 unspecified atom stereocenters. The number of hydrogen-bond donors (Lipinski definition) is 2. The highest BCUT2D eigenvalue weighted by Crippen LogP contribution is 2.31. The molecule has 1 saturated heterocycles. The monoisotopic (exact) mass is 316 g/mol. The lowest BCUT2D eigenvalue weighted by Crippen LogP contribution is -2.23. The molecule has 1 atom stereocenters. The molecule has 0 bridgehead atoms. The molecular formula is C18H28N4O. The van der Waals surface area contributed by atoms with E-state index in [1.807, 2.05) is 33.8 Å². The molecule has 1 aliphatic rings. The first-order chi connectivity index (χ1) is 11.0. The van der Waals surface area contributed by atoms with Crippen molar-refractivity contribution in [3.8, 4) is 11.1 Å². The van der Waals surface area contributed by atoms with Gasteiger partial charge in [0.05, 0.1) is 17.1 Å². The van der Waals surface area contributed by atoms with E-state index >= 15 is 0 Å². The summed E-state index contributed by atoms with van der Waals surface area (Å²) in [6.07, 6.45) is 1.15. The van der Waals surface area contributed by atoms with E-state index in [2.05, 4.69) is 34.6 Å². The average molecular weight is 316 g/mol. The number of nitrogens with one attached hydrogen (secondary N) is 1. The molecule has 1 aromatic carbocycles. The average Bonchev–Trinajstić information content (AvgIpc) is 3.09. The van der Waals surface area contributed by atoms with Crippen molar-refractivity contribution >= 4 is 11.4 Å². The molecule has 1 fully saturated rings. The largest absolute Gasteiger partial charge is 0.397 e. The molecule has 2 aromatic rings. The van der Waals surface area contributed by atoms with Crippen LogP contribution in [0.3, 0.4) is 0 Å². The third-order valence-corrected chi connectivity index (χ3v) is 4.12. The molecule has 1 aromatic heterocycles. The van der Waals surface area contributed by atoms with E-state index in [4.69, 9.17) is 10.3 Å². The fourth-order valence-electron chi connectivity index (χ4n) is 3.02. The summed E-state index contributed by atoms with van der Waals surface area (Å²) in [5.74, 6) is 0.824. The Morgan fingerprint density at radius 2 is 2.04 bits per heavy atom. The molecule has 0 spiro atoms. The van der Waals surface area contributed by atoms with Crippen molar-refractivity contribution in [2.24, 2.45) is 0 Å². The molecule has 3 rings (SSSR count). The zero-order valence-corrected chi connectivity index (χ0v) is 14.8. The van der Waals surface area contributed by atoms with E-state index in [9.17, 15) is 0 Å². The number of aryl methyl sites for hydroxylation is 2. The standard InChI is InChI=1S/C16H22N4O.C2H6/c1-10-16(11(2)21-19-10)12-4-5-15(14(17)8-12)18-13-6-7-20(3)9-13;1-2/h4-5,8,13,18H,6-7,9,17H2,1-3H3;1-2H3. The molecule has 3 N–H and O–H groups in total. The van der Waals surface area contributed by atoms with Gasteiger partial charge in [0.15, 0.2) is 0 Å². The van der Waals surface area contributed by atoms with Crippen LogP contribution in [-0.2, 0) is 0 Å². The van der Waals surface area contributed by atoms with Crippen LogP contribution >= 0.6 is 0 Å². The summed E-state index contributed by atoms with van der Waals surface area (Å²) in [7, 11) is 2.14. The Balaban J connectivity index is 0.000000924. The van der Waals surface area contributed by atoms with Crippen LogP contribution in [0.2, 0.25) is 0 Å². The molecule has 2 heterocycles.